The quantitative estimate of drug-likeness (QED) is 0.633. The van der Waals surface area contributed by atoms with Crippen LogP contribution in [0.5, 0.6) is 0 Å². The Hall–Kier alpha value is -1.47. The van der Waals surface area contributed by atoms with Gasteiger partial charge in [-0.05, 0) is 54.8 Å². The minimum atomic E-state index is -4.38. The van der Waals surface area contributed by atoms with Gasteiger partial charge in [-0.3, -0.25) is 4.79 Å². The predicted octanol–water partition coefficient (Wildman–Crippen LogP) is 5.49. The summed E-state index contributed by atoms with van der Waals surface area (Å²) in [6.45, 7) is 4.01. The molecule has 0 saturated carbocycles. The Kier molecular flexibility index (Phi) is 6.57. The maximum atomic E-state index is 12.7. The second-order valence-electron chi connectivity index (χ2n) is 5.63. The summed E-state index contributed by atoms with van der Waals surface area (Å²) in [6.07, 6.45) is -4.38. The molecule has 0 heterocycles. The van der Waals surface area contributed by atoms with Gasteiger partial charge in [0.05, 0.1) is 11.3 Å². The summed E-state index contributed by atoms with van der Waals surface area (Å²) in [5.74, 6) is -0.0108. The van der Waals surface area contributed by atoms with Crippen LogP contribution in [0.3, 0.4) is 0 Å². The van der Waals surface area contributed by atoms with Crippen molar-refractivity contribution in [3.63, 3.8) is 0 Å². The molecule has 0 saturated heterocycles. The fraction of sp³-hybridized carbons (Fsp3) is 0.278. The van der Waals surface area contributed by atoms with Crippen molar-refractivity contribution in [2.45, 2.75) is 31.5 Å². The number of thioether (sulfide) groups is 1. The van der Waals surface area contributed by atoms with Crippen molar-refractivity contribution < 1.29 is 18.0 Å². The Labute approximate surface area is 157 Å². The van der Waals surface area contributed by atoms with Crippen LogP contribution in [-0.2, 0) is 17.5 Å². The Morgan fingerprint density at radius 1 is 1.16 bits per heavy atom. The molecule has 2 nitrogen and oxygen atoms in total. The molecule has 2 rings (SSSR count). The summed E-state index contributed by atoms with van der Waals surface area (Å²) >= 11 is 4.87. The number of hydrogen-bond donors (Lipinski definition) is 1. The van der Waals surface area contributed by atoms with Gasteiger partial charge in [0.2, 0.25) is 5.91 Å². The molecule has 0 aliphatic rings. The van der Waals surface area contributed by atoms with E-state index in [1.54, 1.807) is 6.07 Å². The molecule has 134 valence electrons. The molecular weight excluding hydrogens is 415 g/mol. The van der Waals surface area contributed by atoms with Crippen LogP contribution in [0.25, 0.3) is 0 Å². The van der Waals surface area contributed by atoms with Crippen molar-refractivity contribution in [1.29, 1.82) is 0 Å². The van der Waals surface area contributed by atoms with E-state index in [2.05, 4.69) is 21.2 Å². The highest BCUT2D eigenvalue weighted by Gasteiger charge is 2.30. The topological polar surface area (TPSA) is 29.1 Å². The van der Waals surface area contributed by atoms with Gasteiger partial charge in [-0.2, -0.15) is 13.2 Å². The summed E-state index contributed by atoms with van der Waals surface area (Å²) in [7, 11) is 0. The van der Waals surface area contributed by atoms with Crippen molar-refractivity contribution in [3.8, 4) is 0 Å². The van der Waals surface area contributed by atoms with E-state index in [1.165, 1.54) is 17.8 Å². The van der Waals surface area contributed by atoms with Crippen molar-refractivity contribution in [3.05, 3.63) is 63.1 Å². The largest absolute Gasteiger partial charge is 0.416 e. The Bertz CT molecular complexity index is 777. The van der Waals surface area contributed by atoms with E-state index in [1.807, 2.05) is 26.0 Å². The summed E-state index contributed by atoms with van der Waals surface area (Å²) < 4.78 is 39.1. The third-order valence-electron chi connectivity index (χ3n) is 3.56. The summed E-state index contributed by atoms with van der Waals surface area (Å²) in [5, 5.41) is 2.66. The number of nitrogens with one attached hydrogen (secondary N) is 1. The number of aryl methyl sites for hydroxylation is 2. The second-order valence-corrected chi connectivity index (χ2v) is 7.50. The van der Waals surface area contributed by atoms with Gasteiger partial charge < -0.3 is 5.32 Å². The first-order chi connectivity index (χ1) is 11.7. The molecule has 0 aliphatic carbocycles. The van der Waals surface area contributed by atoms with Gasteiger partial charge >= 0.3 is 6.18 Å². The molecule has 0 bridgehead atoms. The van der Waals surface area contributed by atoms with E-state index in [0.717, 1.165) is 32.6 Å². The molecule has 25 heavy (non-hydrogen) atoms. The lowest BCUT2D eigenvalue weighted by atomic mass is 10.1. The zero-order valence-electron chi connectivity index (χ0n) is 13.7. The first kappa shape index (κ1) is 19.8. The highest BCUT2D eigenvalue weighted by molar-refractivity contribution is 9.10. The van der Waals surface area contributed by atoms with Gasteiger partial charge in [-0.1, -0.05) is 28.1 Å². The standard InChI is InChI=1S/C18H17BrF3NOS/c1-11-7-16(12(2)6-15(11)19)25-10-17(24)23-9-13-4-3-5-14(8-13)18(20,21)22/h3-8H,9-10H2,1-2H3,(H,23,24). The first-order valence-electron chi connectivity index (χ1n) is 7.49. The van der Waals surface area contributed by atoms with Crippen molar-refractivity contribution in [1.82, 2.24) is 5.32 Å². The Morgan fingerprint density at radius 3 is 2.56 bits per heavy atom. The van der Waals surface area contributed by atoms with Gasteiger partial charge in [-0.15, -0.1) is 11.8 Å². The van der Waals surface area contributed by atoms with Gasteiger partial charge in [0.15, 0.2) is 0 Å². The maximum absolute atomic E-state index is 12.7. The SMILES string of the molecule is Cc1cc(SCC(=O)NCc2cccc(C(F)(F)F)c2)c(C)cc1Br. The Balaban J connectivity index is 1.90. The van der Waals surface area contributed by atoms with Gasteiger partial charge in [0.1, 0.15) is 0 Å². The molecule has 0 radical (unpaired) electrons. The lowest BCUT2D eigenvalue weighted by molar-refractivity contribution is -0.137. The van der Waals surface area contributed by atoms with Crippen molar-refractivity contribution in [2.24, 2.45) is 0 Å². The van der Waals surface area contributed by atoms with Crippen molar-refractivity contribution >= 4 is 33.6 Å². The molecule has 0 atom stereocenters. The first-order valence-corrected chi connectivity index (χ1v) is 9.27. The number of halogens is 4. The summed E-state index contributed by atoms with van der Waals surface area (Å²) in [6, 6.07) is 8.97. The third kappa shape index (κ3) is 5.78. The van der Waals surface area contributed by atoms with Gasteiger partial charge in [-0.25, -0.2) is 0 Å². The van der Waals surface area contributed by atoms with Crippen LogP contribution in [0.15, 0.2) is 45.8 Å². The minimum Gasteiger partial charge on any atom is -0.351 e. The fourth-order valence-corrected chi connectivity index (χ4v) is 3.56. The van der Waals surface area contributed by atoms with Gasteiger partial charge in [0.25, 0.3) is 0 Å². The maximum Gasteiger partial charge on any atom is 0.416 e. The number of benzene rings is 2. The van der Waals surface area contributed by atoms with Crippen molar-refractivity contribution in [2.75, 3.05) is 5.75 Å². The molecular formula is C18H17BrF3NOS. The molecule has 2 aromatic rings. The van der Waals surface area contributed by atoms with Gasteiger partial charge in [0, 0.05) is 15.9 Å². The number of carbonyl (C=O) groups is 1. The van der Waals surface area contributed by atoms with E-state index in [9.17, 15) is 18.0 Å². The molecule has 0 unspecified atom stereocenters. The van der Waals surface area contributed by atoms with Crippen LogP contribution in [0, 0.1) is 13.8 Å². The van der Waals surface area contributed by atoms with E-state index in [-0.39, 0.29) is 18.2 Å². The number of rotatable bonds is 5. The minimum absolute atomic E-state index is 0.0711. The normalized spacial score (nSPS) is 11.4. The molecule has 2 aromatic carbocycles. The molecule has 0 aliphatic heterocycles. The highest BCUT2D eigenvalue weighted by Crippen LogP contribution is 2.30. The van der Waals surface area contributed by atoms with E-state index in [4.69, 9.17) is 0 Å². The molecule has 7 heteroatoms. The number of carbonyl (C=O) groups excluding carboxylic acids is 1. The molecule has 1 N–H and O–H groups in total. The number of hydrogen-bond acceptors (Lipinski definition) is 2. The Morgan fingerprint density at radius 2 is 1.88 bits per heavy atom. The summed E-state index contributed by atoms with van der Waals surface area (Å²) in [5.41, 5.74) is 1.85. The van der Waals surface area contributed by atoms with E-state index < -0.39 is 11.7 Å². The van der Waals surface area contributed by atoms with E-state index >= 15 is 0 Å². The van der Waals surface area contributed by atoms with Crippen LogP contribution in [0.4, 0.5) is 13.2 Å². The third-order valence-corrected chi connectivity index (χ3v) is 5.57. The zero-order chi connectivity index (χ0) is 18.6. The van der Waals surface area contributed by atoms with Crippen LogP contribution in [-0.4, -0.2) is 11.7 Å². The van der Waals surface area contributed by atoms with Crippen LogP contribution in [0.1, 0.15) is 22.3 Å². The predicted molar refractivity (Wildman–Crippen MR) is 97.6 cm³/mol. The number of amides is 1. The summed E-state index contributed by atoms with van der Waals surface area (Å²) in [4.78, 5) is 13.0. The average Bonchev–Trinajstić information content (AvgIpc) is 2.54. The van der Waals surface area contributed by atoms with Crippen LogP contribution >= 0.6 is 27.7 Å². The lowest BCUT2D eigenvalue weighted by Gasteiger charge is -2.11. The molecule has 0 fully saturated rings. The lowest BCUT2D eigenvalue weighted by Crippen LogP contribution is -2.24. The molecule has 1 amide bonds. The fourth-order valence-electron chi connectivity index (χ4n) is 2.16. The smallest absolute Gasteiger partial charge is 0.351 e. The average molecular weight is 432 g/mol. The van der Waals surface area contributed by atoms with Crippen LogP contribution < -0.4 is 5.32 Å². The second kappa shape index (κ2) is 8.27. The molecule has 0 aromatic heterocycles. The van der Waals surface area contributed by atoms with Crippen LogP contribution in [0.2, 0.25) is 0 Å². The number of alkyl halides is 3. The zero-order valence-corrected chi connectivity index (χ0v) is 16.1. The monoisotopic (exact) mass is 431 g/mol. The molecule has 0 spiro atoms. The van der Waals surface area contributed by atoms with E-state index in [0.29, 0.717) is 5.56 Å². The highest BCUT2D eigenvalue weighted by atomic mass is 79.9.